The highest BCUT2D eigenvalue weighted by atomic mass is 16.5. The molecule has 86 valence electrons. The largest absolute Gasteiger partial charge is 0.497 e. The number of rotatable bonds is 5. The maximum Gasteiger partial charge on any atom is 0.163 e. The molecule has 1 aliphatic rings. The van der Waals surface area contributed by atoms with Crippen molar-refractivity contribution in [2.75, 3.05) is 13.7 Å². The van der Waals surface area contributed by atoms with Gasteiger partial charge in [-0.3, -0.25) is 4.79 Å². The van der Waals surface area contributed by atoms with E-state index in [1.54, 1.807) is 26.2 Å². The molecule has 0 aromatic heterocycles. The Morgan fingerprint density at radius 3 is 2.75 bits per heavy atom. The van der Waals surface area contributed by atoms with E-state index in [4.69, 9.17) is 9.47 Å². The van der Waals surface area contributed by atoms with Crippen LogP contribution in [0.25, 0.3) is 0 Å². The van der Waals surface area contributed by atoms with Crippen molar-refractivity contribution in [2.45, 2.75) is 19.8 Å². The van der Waals surface area contributed by atoms with Crippen LogP contribution in [-0.4, -0.2) is 19.5 Å². The van der Waals surface area contributed by atoms with Crippen molar-refractivity contribution in [1.29, 1.82) is 0 Å². The van der Waals surface area contributed by atoms with E-state index in [0.29, 0.717) is 29.6 Å². The van der Waals surface area contributed by atoms with Gasteiger partial charge in [-0.2, -0.15) is 0 Å². The second-order valence-electron chi connectivity index (χ2n) is 4.17. The summed E-state index contributed by atoms with van der Waals surface area (Å²) in [6.07, 6.45) is 2.48. The van der Waals surface area contributed by atoms with Crippen LogP contribution in [0, 0.1) is 5.92 Å². The Kier molecular flexibility index (Phi) is 3.13. The molecule has 0 heterocycles. The molecule has 1 fully saturated rings. The lowest BCUT2D eigenvalue weighted by Gasteiger charge is -2.10. The van der Waals surface area contributed by atoms with E-state index < -0.39 is 0 Å². The summed E-state index contributed by atoms with van der Waals surface area (Å²) >= 11 is 0. The molecule has 1 saturated carbocycles. The fourth-order valence-corrected chi connectivity index (χ4v) is 1.53. The molecule has 3 nitrogen and oxygen atoms in total. The lowest BCUT2D eigenvalue weighted by molar-refractivity contribution is 0.101. The molecule has 2 rings (SSSR count). The van der Waals surface area contributed by atoms with Crippen molar-refractivity contribution < 1.29 is 14.3 Å². The lowest BCUT2D eigenvalue weighted by atomic mass is 10.1. The monoisotopic (exact) mass is 220 g/mol. The zero-order valence-electron chi connectivity index (χ0n) is 9.66. The maximum absolute atomic E-state index is 11.5. The summed E-state index contributed by atoms with van der Waals surface area (Å²) in [5, 5.41) is 0. The van der Waals surface area contributed by atoms with Crippen LogP contribution in [0.5, 0.6) is 11.5 Å². The third-order valence-corrected chi connectivity index (χ3v) is 2.74. The van der Waals surface area contributed by atoms with Crippen molar-refractivity contribution in [3.63, 3.8) is 0 Å². The fourth-order valence-electron chi connectivity index (χ4n) is 1.53. The Hall–Kier alpha value is -1.51. The predicted molar refractivity (Wildman–Crippen MR) is 61.2 cm³/mol. The van der Waals surface area contributed by atoms with Gasteiger partial charge in [0.2, 0.25) is 0 Å². The summed E-state index contributed by atoms with van der Waals surface area (Å²) in [5.74, 6) is 2.04. The Morgan fingerprint density at radius 2 is 2.19 bits per heavy atom. The van der Waals surface area contributed by atoms with E-state index in [9.17, 15) is 4.79 Å². The number of methoxy groups -OCH3 is 1. The molecule has 0 saturated heterocycles. The highest BCUT2D eigenvalue weighted by Gasteiger charge is 2.22. The Bertz CT molecular complexity index is 394. The van der Waals surface area contributed by atoms with E-state index in [-0.39, 0.29) is 5.78 Å². The Balaban J connectivity index is 2.16. The van der Waals surface area contributed by atoms with Crippen molar-refractivity contribution in [1.82, 2.24) is 0 Å². The average Bonchev–Trinajstić information content (AvgIpc) is 3.09. The summed E-state index contributed by atoms with van der Waals surface area (Å²) in [6, 6.07) is 5.34. The molecule has 0 amide bonds. The molecule has 0 spiro atoms. The number of hydrogen-bond donors (Lipinski definition) is 0. The second-order valence-corrected chi connectivity index (χ2v) is 4.17. The number of hydrogen-bond acceptors (Lipinski definition) is 3. The van der Waals surface area contributed by atoms with E-state index >= 15 is 0 Å². The molecule has 0 N–H and O–H groups in total. The highest BCUT2D eigenvalue weighted by molar-refractivity contribution is 5.97. The molecule has 0 bridgehead atoms. The first-order valence-corrected chi connectivity index (χ1v) is 5.52. The van der Waals surface area contributed by atoms with Crippen molar-refractivity contribution in [3.8, 4) is 11.5 Å². The SMILES string of the molecule is COc1ccc(OCC2CC2)c(C(C)=O)c1. The van der Waals surface area contributed by atoms with Gasteiger partial charge in [0, 0.05) is 0 Å². The number of Topliss-reactive ketones (excluding diaryl/α,β-unsaturated/α-hetero) is 1. The summed E-state index contributed by atoms with van der Waals surface area (Å²) < 4.78 is 10.7. The lowest BCUT2D eigenvalue weighted by Crippen LogP contribution is -2.04. The Morgan fingerprint density at radius 1 is 1.44 bits per heavy atom. The van der Waals surface area contributed by atoms with Gasteiger partial charge in [-0.25, -0.2) is 0 Å². The van der Waals surface area contributed by atoms with E-state index in [1.165, 1.54) is 12.8 Å². The first-order chi connectivity index (χ1) is 7.70. The van der Waals surface area contributed by atoms with E-state index in [0.717, 1.165) is 0 Å². The highest BCUT2D eigenvalue weighted by Crippen LogP contribution is 2.31. The molecule has 0 radical (unpaired) electrons. The molecular weight excluding hydrogens is 204 g/mol. The van der Waals surface area contributed by atoms with Crippen LogP contribution in [0.2, 0.25) is 0 Å². The van der Waals surface area contributed by atoms with E-state index in [2.05, 4.69) is 0 Å². The minimum atomic E-state index is 0.00435. The first-order valence-electron chi connectivity index (χ1n) is 5.52. The standard InChI is InChI=1S/C13H16O3/c1-9(14)12-7-11(15-2)5-6-13(12)16-8-10-3-4-10/h5-7,10H,3-4,8H2,1-2H3. The van der Waals surface area contributed by atoms with Crippen LogP contribution in [0.15, 0.2) is 18.2 Å². The number of carbonyl (C=O) groups excluding carboxylic acids is 1. The van der Waals surface area contributed by atoms with Crippen LogP contribution in [0.4, 0.5) is 0 Å². The minimum absolute atomic E-state index is 0.00435. The van der Waals surface area contributed by atoms with Gasteiger partial charge in [-0.05, 0) is 43.9 Å². The quantitative estimate of drug-likeness (QED) is 0.716. The van der Waals surface area contributed by atoms with E-state index in [1.807, 2.05) is 6.07 Å². The summed E-state index contributed by atoms with van der Waals surface area (Å²) in [7, 11) is 1.59. The van der Waals surface area contributed by atoms with Gasteiger partial charge in [-0.15, -0.1) is 0 Å². The molecule has 0 aliphatic heterocycles. The molecule has 1 aromatic carbocycles. The number of benzene rings is 1. The number of ether oxygens (including phenoxy) is 2. The molecule has 1 aliphatic carbocycles. The predicted octanol–water partition coefficient (Wildman–Crippen LogP) is 2.69. The maximum atomic E-state index is 11.5. The summed E-state index contributed by atoms with van der Waals surface area (Å²) in [4.78, 5) is 11.5. The van der Waals surface area contributed by atoms with Crippen LogP contribution in [-0.2, 0) is 0 Å². The number of carbonyl (C=O) groups is 1. The molecular formula is C13H16O3. The van der Waals surface area contributed by atoms with Crippen LogP contribution in [0.1, 0.15) is 30.1 Å². The van der Waals surface area contributed by atoms with Gasteiger partial charge in [0.25, 0.3) is 0 Å². The zero-order chi connectivity index (χ0) is 11.5. The summed E-state index contributed by atoms with van der Waals surface area (Å²) in [5.41, 5.74) is 0.597. The molecule has 16 heavy (non-hydrogen) atoms. The average molecular weight is 220 g/mol. The molecule has 0 unspecified atom stereocenters. The van der Waals surface area contributed by atoms with Crippen molar-refractivity contribution in [3.05, 3.63) is 23.8 Å². The van der Waals surface area contributed by atoms with Gasteiger partial charge in [0.1, 0.15) is 11.5 Å². The first kappa shape index (κ1) is 11.0. The van der Waals surface area contributed by atoms with Gasteiger partial charge in [-0.1, -0.05) is 0 Å². The molecule has 0 atom stereocenters. The Labute approximate surface area is 95.4 Å². The fraction of sp³-hybridized carbons (Fsp3) is 0.462. The molecule has 1 aromatic rings. The normalized spacial score (nSPS) is 14.6. The summed E-state index contributed by atoms with van der Waals surface area (Å²) in [6.45, 7) is 2.26. The van der Waals surface area contributed by atoms with Gasteiger partial charge in [0.05, 0.1) is 19.3 Å². The topological polar surface area (TPSA) is 35.5 Å². The van der Waals surface area contributed by atoms with Crippen LogP contribution < -0.4 is 9.47 Å². The van der Waals surface area contributed by atoms with Gasteiger partial charge >= 0.3 is 0 Å². The minimum Gasteiger partial charge on any atom is -0.497 e. The van der Waals surface area contributed by atoms with Crippen LogP contribution in [0.3, 0.4) is 0 Å². The van der Waals surface area contributed by atoms with Gasteiger partial charge in [0.15, 0.2) is 5.78 Å². The third kappa shape index (κ3) is 2.54. The second kappa shape index (κ2) is 4.56. The zero-order valence-corrected chi connectivity index (χ0v) is 9.66. The van der Waals surface area contributed by atoms with Gasteiger partial charge < -0.3 is 9.47 Å². The van der Waals surface area contributed by atoms with Crippen LogP contribution >= 0.6 is 0 Å². The van der Waals surface area contributed by atoms with Crippen molar-refractivity contribution >= 4 is 5.78 Å². The van der Waals surface area contributed by atoms with Crippen molar-refractivity contribution in [2.24, 2.45) is 5.92 Å². The molecule has 3 heteroatoms. The number of ketones is 1. The third-order valence-electron chi connectivity index (χ3n) is 2.74. The smallest absolute Gasteiger partial charge is 0.163 e.